The lowest BCUT2D eigenvalue weighted by atomic mass is 10.1. The Balaban J connectivity index is 1.68. The van der Waals surface area contributed by atoms with Crippen LogP contribution in [0.25, 0.3) is 22.6 Å². The van der Waals surface area contributed by atoms with Gasteiger partial charge >= 0.3 is 0 Å². The zero-order valence-corrected chi connectivity index (χ0v) is 17.6. The monoisotopic (exact) mass is 462 g/mol. The smallest absolute Gasteiger partial charge is 0.162 e. The van der Waals surface area contributed by atoms with Crippen LogP contribution in [0, 0.1) is 0 Å². The van der Waals surface area contributed by atoms with Gasteiger partial charge in [-0.2, -0.15) is 5.10 Å². The minimum atomic E-state index is 0.607. The van der Waals surface area contributed by atoms with Crippen molar-refractivity contribution >= 4 is 39.6 Å². The summed E-state index contributed by atoms with van der Waals surface area (Å²) >= 11 is 9.49. The predicted molar refractivity (Wildman–Crippen MR) is 123 cm³/mol. The Morgan fingerprint density at radius 2 is 1.62 bits per heavy atom. The number of halogens is 2. The zero-order valence-electron chi connectivity index (χ0n) is 15.3. The van der Waals surface area contributed by atoms with Crippen molar-refractivity contribution in [2.75, 3.05) is 5.43 Å². The first-order chi connectivity index (χ1) is 14.2. The fraction of sp³-hybridized carbons (Fsp3) is 0. The molecule has 1 aromatic heterocycles. The highest BCUT2D eigenvalue weighted by Gasteiger charge is 2.08. The van der Waals surface area contributed by atoms with Gasteiger partial charge in [0.15, 0.2) is 11.6 Å². The highest BCUT2D eigenvalue weighted by Crippen LogP contribution is 2.25. The molecule has 4 nitrogen and oxygen atoms in total. The Bertz CT molecular complexity index is 1150. The zero-order chi connectivity index (χ0) is 20.1. The van der Waals surface area contributed by atoms with Gasteiger partial charge in [0.2, 0.25) is 0 Å². The molecule has 0 unspecified atom stereocenters. The van der Waals surface area contributed by atoms with Crippen LogP contribution in [0.1, 0.15) is 5.56 Å². The minimum Gasteiger partial charge on any atom is -0.261 e. The third-order valence-corrected chi connectivity index (χ3v) is 4.90. The molecule has 0 saturated carbocycles. The fourth-order valence-corrected chi connectivity index (χ4v) is 3.21. The van der Waals surface area contributed by atoms with Gasteiger partial charge in [0.1, 0.15) is 0 Å². The van der Waals surface area contributed by atoms with Crippen LogP contribution in [-0.4, -0.2) is 16.2 Å². The summed E-state index contributed by atoms with van der Waals surface area (Å²) in [6, 6.07) is 27.3. The Labute approximate surface area is 182 Å². The van der Waals surface area contributed by atoms with Crippen LogP contribution < -0.4 is 5.43 Å². The van der Waals surface area contributed by atoms with Gasteiger partial charge in [-0.1, -0.05) is 82.1 Å². The summed E-state index contributed by atoms with van der Waals surface area (Å²) in [7, 11) is 0. The molecule has 142 valence electrons. The van der Waals surface area contributed by atoms with Gasteiger partial charge in [0.05, 0.1) is 11.9 Å². The molecule has 0 bridgehead atoms. The molecular weight excluding hydrogens is 448 g/mol. The van der Waals surface area contributed by atoms with Crippen molar-refractivity contribution in [1.29, 1.82) is 0 Å². The largest absolute Gasteiger partial charge is 0.261 e. The number of hydrogen-bond donors (Lipinski definition) is 1. The number of nitrogens with zero attached hydrogens (tertiary/aromatic N) is 3. The van der Waals surface area contributed by atoms with E-state index in [0.717, 1.165) is 26.9 Å². The van der Waals surface area contributed by atoms with Crippen molar-refractivity contribution in [3.63, 3.8) is 0 Å². The molecule has 6 heteroatoms. The van der Waals surface area contributed by atoms with Crippen LogP contribution in [0.15, 0.2) is 94.5 Å². The molecule has 0 radical (unpaired) electrons. The Morgan fingerprint density at radius 1 is 0.828 bits per heavy atom. The van der Waals surface area contributed by atoms with E-state index in [1.165, 1.54) is 0 Å². The molecule has 3 aromatic carbocycles. The summed E-state index contributed by atoms with van der Waals surface area (Å²) < 4.78 is 1.00. The van der Waals surface area contributed by atoms with Crippen molar-refractivity contribution in [2.45, 2.75) is 0 Å². The van der Waals surface area contributed by atoms with Gasteiger partial charge in [-0.25, -0.2) is 9.97 Å². The van der Waals surface area contributed by atoms with Gasteiger partial charge in [0, 0.05) is 26.7 Å². The molecule has 0 amide bonds. The topological polar surface area (TPSA) is 50.2 Å². The second-order valence-corrected chi connectivity index (χ2v) is 7.61. The average molecular weight is 464 g/mol. The van der Waals surface area contributed by atoms with E-state index in [9.17, 15) is 0 Å². The van der Waals surface area contributed by atoms with Crippen molar-refractivity contribution < 1.29 is 0 Å². The first kappa shape index (κ1) is 19.3. The van der Waals surface area contributed by atoms with Crippen molar-refractivity contribution in [1.82, 2.24) is 9.97 Å². The van der Waals surface area contributed by atoms with E-state index >= 15 is 0 Å². The lowest BCUT2D eigenvalue weighted by Gasteiger charge is -2.08. The fourth-order valence-electron chi connectivity index (χ4n) is 2.75. The van der Waals surface area contributed by atoms with Gasteiger partial charge in [-0.15, -0.1) is 0 Å². The standard InChI is InChI=1S/C23H16BrClN4/c24-19-11-9-18(10-12-19)23-27-21(17-6-2-1-3-7-17)14-22(28-23)29-26-15-16-5-4-8-20(25)13-16/h1-15H,(H,27,28,29)/b26-15-. The average Bonchev–Trinajstić information content (AvgIpc) is 2.75. The molecule has 1 N–H and O–H groups in total. The minimum absolute atomic E-state index is 0.607. The third-order valence-electron chi connectivity index (χ3n) is 4.14. The van der Waals surface area contributed by atoms with E-state index in [-0.39, 0.29) is 0 Å². The molecule has 0 fully saturated rings. The summed E-state index contributed by atoms with van der Waals surface area (Å²) in [6.45, 7) is 0. The molecule has 0 aliphatic heterocycles. The van der Waals surface area contributed by atoms with Crippen LogP contribution in [-0.2, 0) is 0 Å². The SMILES string of the molecule is Clc1cccc(/C=N\Nc2cc(-c3ccccc3)nc(-c3ccc(Br)cc3)n2)c1. The molecule has 29 heavy (non-hydrogen) atoms. The van der Waals surface area contributed by atoms with Crippen molar-refractivity contribution in [3.8, 4) is 22.6 Å². The maximum Gasteiger partial charge on any atom is 0.162 e. The lowest BCUT2D eigenvalue weighted by Crippen LogP contribution is -1.99. The number of nitrogens with one attached hydrogen (secondary N) is 1. The molecule has 1 heterocycles. The number of hydrogen-bond acceptors (Lipinski definition) is 4. The Kier molecular flexibility index (Phi) is 5.98. The summed E-state index contributed by atoms with van der Waals surface area (Å²) in [5, 5.41) is 4.97. The van der Waals surface area contributed by atoms with Crippen LogP contribution in [0.2, 0.25) is 5.02 Å². The van der Waals surface area contributed by atoms with Gasteiger partial charge in [0.25, 0.3) is 0 Å². The molecular formula is C23H16BrClN4. The number of hydrazone groups is 1. The van der Waals surface area contributed by atoms with Crippen LogP contribution in [0.3, 0.4) is 0 Å². The summed E-state index contributed by atoms with van der Waals surface area (Å²) in [6.07, 6.45) is 1.70. The van der Waals surface area contributed by atoms with Crippen molar-refractivity contribution in [3.05, 3.63) is 100.0 Å². The number of anilines is 1. The van der Waals surface area contributed by atoms with Gasteiger partial charge in [-0.3, -0.25) is 5.43 Å². The first-order valence-corrected chi connectivity index (χ1v) is 10.1. The second-order valence-electron chi connectivity index (χ2n) is 6.26. The quantitative estimate of drug-likeness (QED) is 0.265. The predicted octanol–water partition coefficient (Wildman–Crippen LogP) is 6.67. The highest BCUT2D eigenvalue weighted by atomic mass is 79.9. The lowest BCUT2D eigenvalue weighted by molar-refractivity contribution is 1.15. The number of benzene rings is 3. The van der Waals surface area contributed by atoms with E-state index < -0.39 is 0 Å². The van der Waals surface area contributed by atoms with Crippen LogP contribution in [0.4, 0.5) is 5.82 Å². The second kappa shape index (κ2) is 8.99. The maximum atomic E-state index is 6.02. The normalized spacial score (nSPS) is 11.0. The van der Waals surface area contributed by atoms with E-state index in [0.29, 0.717) is 16.7 Å². The molecule has 0 saturated heterocycles. The summed E-state index contributed by atoms with van der Waals surface area (Å²) in [4.78, 5) is 9.38. The van der Waals surface area contributed by atoms with Gasteiger partial charge in [-0.05, 0) is 29.8 Å². The van der Waals surface area contributed by atoms with E-state index in [4.69, 9.17) is 16.6 Å². The Hall–Kier alpha value is -3.02. The van der Waals surface area contributed by atoms with Gasteiger partial charge < -0.3 is 0 Å². The first-order valence-electron chi connectivity index (χ1n) is 8.92. The molecule has 0 atom stereocenters. The van der Waals surface area contributed by atoms with E-state index in [1.807, 2.05) is 84.9 Å². The number of aromatic nitrogens is 2. The molecule has 0 aliphatic carbocycles. The molecule has 4 aromatic rings. The van der Waals surface area contributed by atoms with Crippen LogP contribution >= 0.6 is 27.5 Å². The van der Waals surface area contributed by atoms with Crippen molar-refractivity contribution in [2.24, 2.45) is 5.10 Å². The summed E-state index contributed by atoms with van der Waals surface area (Å²) in [5.74, 6) is 1.23. The Morgan fingerprint density at radius 3 is 2.38 bits per heavy atom. The molecule has 0 spiro atoms. The van der Waals surface area contributed by atoms with Crippen LogP contribution in [0.5, 0.6) is 0 Å². The molecule has 0 aliphatic rings. The highest BCUT2D eigenvalue weighted by molar-refractivity contribution is 9.10. The maximum absolute atomic E-state index is 6.02. The number of rotatable bonds is 5. The third kappa shape index (κ3) is 5.08. The van der Waals surface area contributed by atoms with E-state index in [1.54, 1.807) is 6.21 Å². The summed E-state index contributed by atoms with van der Waals surface area (Å²) in [5.41, 5.74) is 6.66. The van der Waals surface area contributed by atoms with E-state index in [2.05, 4.69) is 31.4 Å². The molecule has 4 rings (SSSR count).